The van der Waals surface area contributed by atoms with Gasteiger partial charge in [-0.2, -0.15) is 0 Å². The molecule has 3 N–H and O–H groups in total. The lowest BCUT2D eigenvalue weighted by Gasteiger charge is -2.19. The van der Waals surface area contributed by atoms with E-state index in [0.717, 1.165) is 18.8 Å². The minimum absolute atomic E-state index is 0.219. The molecule has 3 amide bonds. The van der Waals surface area contributed by atoms with Crippen LogP contribution in [0, 0.1) is 16.7 Å². The SMILES string of the molecule is CC(C)(CC(=O)NC(=O)NCC1(C2CC2)CC1)C(=O)O. The van der Waals surface area contributed by atoms with Crippen molar-refractivity contribution in [2.24, 2.45) is 16.7 Å². The van der Waals surface area contributed by atoms with E-state index in [1.807, 2.05) is 0 Å². The third-order valence-corrected chi connectivity index (χ3v) is 4.37. The van der Waals surface area contributed by atoms with Crippen LogP contribution in [-0.2, 0) is 9.59 Å². The van der Waals surface area contributed by atoms with E-state index < -0.39 is 23.3 Å². The minimum atomic E-state index is -1.17. The van der Waals surface area contributed by atoms with Gasteiger partial charge in [0.2, 0.25) is 5.91 Å². The zero-order valence-corrected chi connectivity index (χ0v) is 12.0. The van der Waals surface area contributed by atoms with Crippen LogP contribution in [0.5, 0.6) is 0 Å². The Hall–Kier alpha value is -1.59. The number of amides is 3. The van der Waals surface area contributed by atoms with Crippen molar-refractivity contribution in [1.29, 1.82) is 0 Å². The Balaban J connectivity index is 1.71. The van der Waals surface area contributed by atoms with Crippen LogP contribution in [0.4, 0.5) is 4.79 Å². The van der Waals surface area contributed by atoms with Gasteiger partial charge in [-0.25, -0.2) is 4.79 Å². The maximum atomic E-state index is 11.6. The number of urea groups is 1. The van der Waals surface area contributed by atoms with Gasteiger partial charge in [-0.05, 0) is 50.9 Å². The number of carbonyl (C=O) groups excluding carboxylic acids is 2. The summed E-state index contributed by atoms with van der Waals surface area (Å²) >= 11 is 0. The topological polar surface area (TPSA) is 95.5 Å². The lowest BCUT2D eigenvalue weighted by molar-refractivity contribution is -0.149. The second-order valence-corrected chi connectivity index (χ2v) is 6.73. The Labute approximate surface area is 118 Å². The standard InChI is InChI=1S/C14H22N2O4/c1-13(2,11(18)19)7-10(17)16-12(20)15-8-14(5-6-14)9-3-4-9/h9H,3-8H2,1-2H3,(H,18,19)(H2,15,16,17,20). The highest BCUT2D eigenvalue weighted by Crippen LogP contribution is 2.60. The van der Waals surface area contributed by atoms with E-state index in [4.69, 9.17) is 5.11 Å². The Morgan fingerprint density at radius 1 is 1.25 bits per heavy atom. The minimum Gasteiger partial charge on any atom is -0.481 e. The molecule has 112 valence electrons. The van der Waals surface area contributed by atoms with Gasteiger partial charge in [0.05, 0.1) is 5.41 Å². The predicted molar refractivity (Wildman–Crippen MR) is 72.0 cm³/mol. The Morgan fingerprint density at radius 2 is 1.85 bits per heavy atom. The summed E-state index contributed by atoms with van der Waals surface area (Å²) in [5, 5.41) is 13.9. The lowest BCUT2D eigenvalue weighted by Crippen LogP contribution is -2.44. The summed E-state index contributed by atoms with van der Waals surface area (Å²) in [5.41, 5.74) is -0.892. The molecule has 2 rings (SSSR count). The second-order valence-electron chi connectivity index (χ2n) is 6.73. The van der Waals surface area contributed by atoms with Crippen LogP contribution in [-0.4, -0.2) is 29.6 Å². The number of aliphatic carboxylic acids is 1. The molecule has 2 saturated carbocycles. The fourth-order valence-electron chi connectivity index (χ4n) is 2.53. The van der Waals surface area contributed by atoms with E-state index in [1.165, 1.54) is 26.7 Å². The van der Waals surface area contributed by atoms with Crippen LogP contribution in [0.1, 0.15) is 46.0 Å². The molecule has 0 heterocycles. The first-order valence-electron chi connectivity index (χ1n) is 7.06. The molecular formula is C14H22N2O4. The van der Waals surface area contributed by atoms with Crippen molar-refractivity contribution in [2.45, 2.75) is 46.0 Å². The van der Waals surface area contributed by atoms with Gasteiger partial charge >= 0.3 is 12.0 Å². The Bertz CT molecular complexity index is 436. The number of carboxylic acid groups (broad SMARTS) is 1. The highest BCUT2D eigenvalue weighted by Gasteiger charge is 2.53. The molecule has 0 saturated heterocycles. The number of rotatable bonds is 6. The van der Waals surface area contributed by atoms with E-state index in [2.05, 4.69) is 10.6 Å². The molecule has 0 atom stereocenters. The van der Waals surface area contributed by atoms with Crippen LogP contribution < -0.4 is 10.6 Å². The first-order valence-corrected chi connectivity index (χ1v) is 7.06. The Morgan fingerprint density at radius 3 is 2.30 bits per heavy atom. The summed E-state index contributed by atoms with van der Waals surface area (Å²) in [7, 11) is 0. The van der Waals surface area contributed by atoms with Gasteiger partial charge in [0.15, 0.2) is 0 Å². The second kappa shape index (κ2) is 5.07. The number of hydrogen-bond acceptors (Lipinski definition) is 3. The van der Waals surface area contributed by atoms with Gasteiger partial charge in [0, 0.05) is 13.0 Å². The summed E-state index contributed by atoms with van der Waals surface area (Å²) < 4.78 is 0. The molecule has 0 bridgehead atoms. The normalized spacial score (nSPS) is 20.1. The van der Waals surface area contributed by atoms with Gasteiger partial charge in [-0.3, -0.25) is 14.9 Å². The summed E-state index contributed by atoms with van der Waals surface area (Å²) in [4.78, 5) is 34.2. The van der Waals surface area contributed by atoms with E-state index in [-0.39, 0.29) is 11.8 Å². The van der Waals surface area contributed by atoms with Crippen molar-refractivity contribution >= 4 is 17.9 Å². The zero-order valence-electron chi connectivity index (χ0n) is 12.0. The number of imide groups is 1. The van der Waals surface area contributed by atoms with Crippen molar-refractivity contribution in [1.82, 2.24) is 10.6 Å². The average Bonchev–Trinajstić information content (AvgIpc) is 3.17. The van der Waals surface area contributed by atoms with E-state index >= 15 is 0 Å². The zero-order chi connectivity index (χ0) is 15.0. The number of nitrogens with one attached hydrogen (secondary N) is 2. The van der Waals surface area contributed by atoms with Crippen molar-refractivity contribution in [3.05, 3.63) is 0 Å². The van der Waals surface area contributed by atoms with Crippen molar-refractivity contribution in [3.63, 3.8) is 0 Å². The van der Waals surface area contributed by atoms with E-state index in [9.17, 15) is 14.4 Å². The molecule has 0 unspecified atom stereocenters. The van der Waals surface area contributed by atoms with Gasteiger partial charge in [-0.1, -0.05) is 0 Å². The summed E-state index contributed by atoms with van der Waals surface area (Å²) in [6.45, 7) is 3.53. The molecule has 6 nitrogen and oxygen atoms in total. The number of carbonyl (C=O) groups is 3. The number of hydrogen-bond donors (Lipinski definition) is 3. The highest BCUT2D eigenvalue weighted by molar-refractivity contribution is 5.96. The molecule has 0 aliphatic heterocycles. The van der Waals surface area contributed by atoms with Crippen molar-refractivity contribution in [2.75, 3.05) is 6.54 Å². The number of carboxylic acids is 1. The summed E-state index contributed by atoms with van der Waals surface area (Å²) in [6, 6.07) is -0.525. The molecule has 2 aliphatic rings. The van der Waals surface area contributed by atoms with Crippen LogP contribution >= 0.6 is 0 Å². The largest absolute Gasteiger partial charge is 0.481 e. The summed E-state index contributed by atoms with van der Waals surface area (Å²) in [6.07, 6.45) is 4.57. The predicted octanol–water partition coefficient (Wildman–Crippen LogP) is 1.50. The average molecular weight is 282 g/mol. The van der Waals surface area contributed by atoms with E-state index in [0.29, 0.717) is 6.54 Å². The van der Waals surface area contributed by atoms with Crippen LogP contribution in [0.25, 0.3) is 0 Å². The molecule has 0 aromatic heterocycles. The molecule has 0 aromatic carbocycles. The van der Waals surface area contributed by atoms with Gasteiger partial charge in [0.25, 0.3) is 0 Å². The fourth-order valence-corrected chi connectivity index (χ4v) is 2.53. The molecule has 0 spiro atoms. The highest BCUT2D eigenvalue weighted by atomic mass is 16.4. The quantitative estimate of drug-likeness (QED) is 0.688. The summed E-state index contributed by atoms with van der Waals surface area (Å²) in [5.74, 6) is -0.880. The lowest BCUT2D eigenvalue weighted by atomic mass is 9.89. The molecule has 2 fully saturated rings. The first-order chi connectivity index (χ1) is 9.25. The van der Waals surface area contributed by atoms with Crippen LogP contribution in [0.3, 0.4) is 0 Å². The van der Waals surface area contributed by atoms with Crippen molar-refractivity contribution < 1.29 is 19.5 Å². The van der Waals surface area contributed by atoms with Crippen LogP contribution in [0.2, 0.25) is 0 Å². The smallest absolute Gasteiger partial charge is 0.321 e. The third kappa shape index (κ3) is 3.49. The van der Waals surface area contributed by atoms with Crippen molar-refractivity contribution in [3.8, 4) is 0 Å². The van der Waals surface area contributed by atoms with Gasteiger partial charge in [0.1, 0.15) is 0 Å². The van der Waals surface area contributed by atoms with E-state index in [1.54, 1.807) is 0 Å². The molecular weight excluding hydrogens is 260 g/mol. The molecule has 0 aromatic rings. The van der Waals surface area contributed by atoms with Gasteiger partial charge in [-0.15, -0.1) is 0 Å². The first kappa shape index (κ1) is 14.8. The molecule has 0 radical (unpaired) electrons. The fraction of sp³-hybridized carbons (Fsp3) is 0.786. The maximum Gasteiger partial charge on any atom is 0.321 e. The third-order valence-electron chi connectivity index (χ3n) is 4.37. The maximum absolute atomic E-state index is 11.6. The van der Waals surface area contributed by atoms with Crippen LogP contribution in [0.15, 0.2) is 0 Å². The monoisotopic (exact) mass is 282 g/mol. The molecule has 20 heavy (non-hydrogen) atoms. The Kier molecular flexibility index (Phi) is 3.75. The molecule has 6 heteroatoms. The van der Waals surface area contributed by atoms with Gasteiger partial charge < -0.3 is 10.4 Å². The molecule has 2 aliphatic carbocycles.